The maximum atomic E-state index is 13.7. The predicted molar refractivity (Wildman–Crippen MR) is 74.2 cm³/mol. The number of hydrogen-bond acceptors (Lipinski definition) is 1. The highest BCUT2D eigenvalue weighted by Gasteiger charge is 2.12. The van der Waals surface area contributed by atoms with E-state index in [-0.39, 0.29) is 5.56 Å². The molecule has 0 bridgehead atoms. The average molecular weight is 282 g/mol. The molecule has 0 aromatic heterocycles. The Balaban J connectivity index is 2.45. The predicted octanol–water partition coefficient (Wildman–Crippen LogP) is 4.39. The summed E-state index contributed by atoms with van der Waals surface area (Å²) in [6.45, 7) is 3.35. The Labute approximate surface area is 116 Å². The minimum atomic E-state index is -0.572. The van der Waals surface area contributed by atoms with E-state index in [9.17, 15) is 8.78 Å². The summed E-state index contributed by atoms with van der Waals surface area (Å²) >= 11 is 6.07. The second kappa shape index (κ2) is 6.13. The van der Waals surface area contributed by atoms with Crippen LogP contribution in [-0.4, -0.2) is 6.54 Å². The zero-order chi connectivity index (χ0) is 13.8. The van der Waals surface area contributed by atoms with Crippen LogP contribution in [0.1, 0.15) is 12.5 Å². The molecule has 1 N–H and O–H groups in total. The van der Waals surface area contributed by atoms with Crippen molar-refractivity contribution >= 4 is 11.6 Å². The van der Waals surface area contributed by atoms with Crippen LogP contribution < -0.4 is 5.32 Å². The lowest BCUT2D eigenvalue weighted by atomic mass is 10.0. The van der Waals surface area contributed by atoms with E-state index in [2.05, 4.69) is 5.32 Å². The molecule has 4 heteroatoms. The summed E-state index contributed by atoms with van der Waals surface area (Å²) < 4.78 is 27.5. The van der Waals surface area contributed by atoms with E-state index in [1.165, 1.54) is 18.2 Å². The molecular formula is C15H14ClF2N. The third kappa shape index (κ3) is 3.11. The summed E-state index contributed by atoms with van der Waals surface area (Å²) in [6.07, 6.45) is 0. The largest absolute Gasteiger partial charge is 0.313 e. The van der Waals surface area contributed by atoms with E-state index in [4.69, 9.17) is 11.6 Å². The van der Waals surface area contributed by atoms with Gasteiger partial charge >= 0.3 is 0 Å². The van der Waals surface area contributed by atoms with E-state index in [0.29, 0.717) is 17.1 Å². The van der Waals surface area contributed by atoms with E-state index in [0.717, 1.165) is 12.1 Å². The molecule has 0 heterocycles. The highest BCUT2D eigenvalue weighted by molar-refractivity contribution is 6.31. The Morgan fingerprint density at radius 1 is 1.11 bits per heavy atom. The van der Waals surface area contributed by atoms with Crippen LogP contribution in [0.15, 0.2) is 36.4 Å². The fourth-order valence-electron chi connectivity index (χ4n) is 1.90. The highest BCUT2D eigenvalue weighted by atomic mass is 35.5. The number of hydrogen-bond donors (Lipinski definition) is 1. The van der Waals surface area contributed by atoms with Crippen molar-refractivity contribution in [1.82, 2.24) is 5.32 Å². The maximum Gasteiger partial charge on any atom is 0.133 e. The van der Waals surface area contributed by atoms with E-state index < -0.39 is 11.6 Å². The lowest BCUT2D eigenvalue weighted by molar-refractivity contribution is 0.589. The highest BCUT2D eigenvalue weighted by Crippen LogP contribution is 2.29. The van der Waals surface area contributed by atoms with Crippen molar-refractivity contribution in [3.63, 3.8) is 0 Å². The van der Waals surface area contributed by atoms with Crippen LogP contribution in [0.4, 0.5) is 8.78 Å². The first kappa shape index (κ1) is 14.0. The number of nitrogens with one attached hydrogen (secondary N) is 1. The molecule has 100 valence electrons. The number of halogens is 3. The molecule has 0 radical (unpaired) electrons. The van der Waals surface area contributed by atoms with Gasteiger partial charge in [-0.2, -0.15) is 0 Å². The molecule has 1 nitrogen and oxygen atoms in total. The average Bonchev–Trinajstić information content (AvgIpc) is 2.39. The van der Waals surface area contributed by atoms with Gasteiger partial charge in [-0.3, -0.25) is 0 Å². The monoisotopic (exact) mass is 281 g/mol. The minimum absolute atomic E-state index is 0.0167. The van der Waals surface area contributed by atoms with Crippen molar-refractivity contribution in [2.45, 2.75) is 13.5 Å². The second-order valence-corrected chi connectivity index (χ2v) is 4.59. The Hall–Kier alpha value is -1.45. The summed E-state index contributed by atoms with van der Waals surface area (Å²) in [5.74, 6) is -1.14. The molecule has 0 aliphatic rings. The lowest BCUT2D eigenvalue weighted by Crippen LogP contribution is -2.12. The lowest BCUT2D eigenvalue weighted by Gasteiger charge is -2.10. The Morgan fingerprint density at radius 2 is 1.79 bits per heavy atom. The molecule has 19 heavy (non-hydrogen) atoms. The van der Waals surface area contributed by atoms with Crippen LogP contribution >= 0.6 is 11.6 Å². The molecule has 2 aromatic rings. The second-order valence-electron chi connectivity index (χ2n) is 4.18. The molecule has 0 fully saturated rings. The molecule has 2 rings (SSSR count). The first-order chi connectivity index (χ1) is 9.13. The van der Waals surface area contributed by atoms with E-state index in [1.807, 2.05) is 6.92 Å². The zero-order valence-corrected chi connectivity index (χ0v) is 11.3. The first-order valence-electron chi connectivity index (χ1n) is 6.07. The maximum absolute atomic E-state index is 13.7. The fraction of sp³-hybridized carbons (Fsp3) is 0.200. The molecule has 2 aromatic carbocycles. The van der Waals surface area contributed by atoms with Gasteiger partial charge in [-0.1, -0.05) is 30.7 Å². The van der Waals surface area contributed by atoms with Gasteiger partial charge in [0, 0.05) is 11.6 Å². The molecule has 0 unspecified atom stereocenters. The quantitative estimate of drug-likeness (QED) is 0.876. The first-order valence-corrected chi connectivity index (χ1v) is 6.44. The van der Waals surface area contributed by atoms with Gasteiger partial charge in [-0.25, -0.2) is 8.78 Å². The standard InChI is InChI=1S/C15H14ClF2N/c1-2-19-9-11-8-10(6-7-12(11)16)15-13(17)4-3-5-14(15)18/h3-8,19H,2,9H2,1H3. The van der Waals surface area contributed by atoms with Crippen LogP contribution in [0, 0.1) is 11.6 Å². The Bertz CT molecular complexity index is 564. The van der Waals surface area contributed by atoms with Crippen LogP contribution in [0.2, 0.25) is 5.02 Å². The van der Waals surface area contributed by atoms with Gasteiger partial charge < -0.3 is 5.32 Å². The normalized spacial score (nSPS) is 10.7. The summed E-state index contributed by atoms with van der Waals surface area (Å²) in [7, 11) is 0. The van der Waals surface area contributed by atoms with Gasteiger partial charge in [0.15, 0.2) is 0 Å². The van der Waals surface area contributed by atoms with Gasteiger partial charge in [0.05, 0.1) is 5.56 Å². The van der Waals surface area contributed by atoms with Crippen molar-refractivity contribution < 1.29 is 8.78 Å². The molecule has 0 saturated heterocycles. The van der Waals surface area contributed by atoms with Gasteiger partial charge in [0.25, 0.3) is 0 Å². The Kier molecular flexibility index (Phi) is 4.51. The van der Waals surface area contributed by atoms with E-state index in [1.54, 1.807) is 18.2 Å². The van der Waals surface area contributed by atoms with Gasteiger partial charge in [-0.15, -0.1) is 0 Å². The smallest absolute Gasteiger partial charge is 0.133 e. The third-order valence-corrected chi connectivity index (χ3v) is 3.23. The van der Waals surface area contributed by atoms with Crippen molar-refractivity contribution in [2.75, 3.05) is 6.54 Å². The third-order valence-electron chi connectivity index (χ3n) is 2.86. The summed E-state index contributed by atoms with van der Waals surface area (Å²) in [6, 6.07) is 8.85. The van der Waals surface area contributed by atoms with Crippen molar-refractivity contribution in [3.05, 3.63) is 58.6 Å². The summed E-state index contributed by atoms with van der Waals surface area (Å²) in [5.41, 5.74) is 1.30. The molecule has 0 aliphatic carbocycles. The Morgan fingerprint density at radius 3 is 2.42 bits per heavy atom. The van der Waals surface area contributed by atoms with E-state index >= 15 is 0 Å². The number of benzene rings is 2. The zero-order valence-electron chi connectivity index (χ0n) is 10.5. The topological polar surface area (TPSA) is 12.0 Å². The van der Waals surface area contributed by atoms with Gasteiger partial charge in [0.1, 0.15) is 11.6 Å². The summed E-state index contributed by atoms with van der Waals surface area (Å²) in [5, 5.41) is 3.73. The molecule has 0 spiro atoms. The SMILES string of the molecule is CCNCc1cc(-c2c(F)cccc2F)ccc1Cl. The molecule has 0 saturated carbocycles. The van der Waals surface area contributed by atoms with Crippen molar-refractivity contribution in [2.24, 2.45) is 0 Å². The van der Waals surface area contributed by atoms with Gasteiger partial charge in [-0.05, 0) is 41.9 Å². The molecule has 0 amide bonds. The van der Waals surface area contributed by atoms with Crippen LogP contribution in [0.3, 0.4) is 0 Å². The summed E-state index contributed by atoms with van der Waals surface area (Å²) in [4.78, 5) is 0. The molecule has 0 aliphatic heterocycles. The van der Waals surface area contributed by atoms with Crippen molar-refractivity contribution in [1.29, 1.82) is 0 Å². The molecule has 0 atom stereocenters. The minimum Gasteiger partial charge on any atom is -0.313 e. The number of rotatable bonds is 4. The van der Waals surface area contributed by atoms with Crippen molar-refractivity contribution in [3.8, 4) is 11.1 Å². The van der Waals surface area contributed by atoms with Gasteiger partial charge in [0.2, 0.25) is 0 Å². The fourth-order valence-corrected chi connectivity index (χ4v) is 2.08. The molecular weight excluding hydrogens is 268 g/mol. The van der Waals surface area contributed by atoms with Crippen LogP contribution in [-0.2, 0) is 6.54 Å². The van der Waals surface area contributed by atoms with Crippen LogP contribution in [0.5, 0.6) is 0 Å². The van der Waals surface area contributed by atoms with Crippen LogP contribution in [0.25, 0.3) is 11.1 Å².